The lowest BCUT2D eigenvalue weighted by atomic mass is 10.2. The Morgan fingerprint density at radius 1 is 1.50 bits per heavy atom. The molecule has 1 heterocycles. The van der Waals surface area contributed by atoms with E-state index in [2.05, 4.69) is 38.4 Å². The summed E-state index contributed by atoms with van der Waals surface area (Å²) in [5.74, 6) is 0. The fourth-order valence-corrected chi connectivity index (χ4v) is 2.45. The molecule has 0 saturated carbocycles. The number of nitrogens with zero attached hydrogens (tertiary/aromatic N) is 1. The van der Waals surface area contributed by atoms with Crippen LogP contribution >= 0.6 is 27.3 Å². The third-order valence-electron chi connectivity index (χ3n) is 1.81. The summed E-state index contributed by atoms with van der Waals surface area (Å²) in [4.78, 5) is 4.27. The van der Waals surface area contributed by atoms with Gasteiger partial charge in [-0.3, -0.25) is 0 Å². The van der Waals surface area contributed by atoms with Crippen LogP contribution in [-0.4, -0.2) is 11.0 Å². The van der Waals surface area contributed by atoms with E-state index in [0.717, 1.165) is 22.6 Å². The highest BCUT2D eigenvalue weighted by Gasteiger charge is 2.10. The van der Waals surface area contributed by atoms with Gasteiger partial charge in [0.05, 0.1) is 0 Å². The molecule has 0 aliphatic heterocycles. The Balaban J connectivity index is 1.95. The molecule has 0 bridgehead atoms. The number of hydrogen-bond acceptors (Lipinski definition) is 3. The van der Waals surface area contributed by atoms with Crippen LogP contribution in [0.25, 0.3) is 0 Å². The standard InChI is InChI=1S/C8H9BrN2S/c9-7-5-12-8(11-7)10-6-3-1-2-4-6/h1-2,5-6H,3-4H2,(H,10,11). The molecule has 0 aromatic carbocycles. The highest BCUT2D eigenvalue weighted by atomic mass is 79.9. The lowest BCUT2D eigenvalue weighted by molar-refractivity contribution is 0.785. The Morgan fingerprint density at radius 3 is 2.83 bits per heavy atom. The molecule has 2 nitrogen and oxygen atoms in total. The van der Waals surface area contributed by atoms with Gasteiger partial charge in [0.2, 0.25) is 0 Å². The minimum atomic E-state index is 0.558. The monoisotopic (exact) mass is 244 g/mol. The summed E-state index contributed by atoms with van der Waals surface area (Å²) in [5.41, 5.74) is 0. The second kappa shape index (κ2) is 3.58. The molecule has 4 heteroatoms. The van der Waals surface area contributed by atoms with E-state index in [1.54, 1.807) is 11.3 Å². The molecule has 0 fully saturated rings. The van der Waals surface area contributed by atoms with Crippen LogP contribution in [0.5, 0.6) is 0 Å². The van der Waals surface area contributed by atoms with Gasteiger partial charge in [-0.05, 0) is 28.8 Å². The molecule has 0 atom stereocenters. The highest BCUT2D eigenvalue weighted by Crippen LogP contribution is 2.22. The number of aromatic nitrogens is 1. The molecule has 0 unspecified atom stereocenters. The number of rotatable bonds is 2. The maximum Gasteiger partial charge on any atom is 0.183 e. The van der Waals surface area contributed by atoms with Gasteiger partial charge in [0.15, 0.2) is 5.13 Å². The average Bonchev–Trinajstić information content (AvgIpc) is 2.63. The third kappa shape index (κ3) is 1.87. The summed E-state index contributed by atoms with van der Waals surface area (Å²) < 4.78 is 0.918. The average molecular weight is 245 g/mol. The summed E-state index contributed by atoms with van der Waals surface area (Å²) in [6.07, 6.45) is 6.66. The highest BCUT2D eigenvalue weighted by molar-refractivity contribution is 9.10. The number of hydrogen-bond donors (Lipinski definition) is 1. The van der Waals surface area contributed by atoms with Gasteiger partial charge >= 0.3 is 0 Å². The van der Waals surface area contributed by atoms with Gasteiger partial charge in [-0.1, -0.05) is 12.2 Å². The molecule has 1 aliphatic carbocycles. The Hall–Kier alpha value is -0.350. The molecule has 1 N–H and O–H groups in total. The minimum Gasteiger partial charge on any atom is -0.358 e. The van der Waals surface area contributed by atoms with E-state index in [4.69, 9.17) is 0 Å². The molecule has 0 saturated heterocycles. The number of halogens is 1. The molecule has 1 aromatic rings. The zero-order valence-corrected chi connectivity index (χ0v) is 8.86. The second-order valence-corrected chi connectivity index (χ2v) is 4.43. The molecule has 0 spiro atoms. The van der Waals surface area contributed by atoms with E-state index in [1.807, 2.05) is 5.38 Å². The molecule has 12 heavy (non-hydrogen) atoms. The second-order valence-electron chi connectivity index (χ2n) is 2.76. The largest absolute Gasteiger partial charge is 0.358 e. The zero-order chi connectivity index (χ0) is 8.39. The SMILES string of the molecule is Brc1csc(NC2CC=CC2)n1. The molecule has 0 radical (unpaired) electrons. The van der Waals surface area contributed by atoms with E-state index in [9.17, 15) is 0 Å². The predicted molar refractivity (Wildman–Crippen MR) is 55.6 cm³/mol. The number of anilines is 1. The van der Waals surface area contributed by atoms with Crippen molar-refractivity contribution in [2.24, 2.45) is 0 Å². The van der Waals surface area contributed by atoms with Gasteiger partial charge in [-0.2, -0.15) is 0 Å². The van der Waals surface area contributed by atoms with Crippen molar-refractivity contribution in [2.75, 3.05) is 5.32 Å². The van der Waals surface area contributed by atoms with Crippen molar-refractivity contribution < 1.29 is 0 Å². The van der Waals surface area contributed by atoms with Crippen molar-refractivity contribution in [1.29, 1.82) is 0 Å². The normalized spacial score (nSPS) is 17.1. The molecule has 2 rings (SSSR count). The van der Waals surface area contributed by atoms with Crippen molar-refractivity contribution in [2.45, 2.75) is 18.9 Å². The lowest BCUT2D eigenvalue weighted by Gasteiger charge is -2.09. The first-order chi connectivity index (χ1) is 5.84. The van der Waals surface area contributed by atoms with E-state index < -0.39 is 0 Å². The predicted octanol–water partition coefficient (Wildman–Crippen LogP) is 3.04. The Labute approximate surface area is 83.8 Å². The van der Waals surface area contributed by atoms with Gasteiger partial charge < -0.3 is 5.32 Å². The zero-order valence-electron chi connectivity index (χ0n) is 6.46. The van der Waals surface area contributed by atoms with Crippen LogP contribution in [0.1, 0.15) is 12.8 Å². The molecule has 64 valence electrons. The summed E-state index contributed by atoms with van der Waals surface area (Å²) in [5, 5.41) is 6.38. The van der Waals surface area contributed by atoms with E-state index in [-0.39, 0.29) is 0 Å². The van der Waals surface area contributed by atoms with E-state index >= 15 is 0 Å². The Bertz CT molecular complexity index is 287. The number of thiazole rings is 1. The molecule has 1 aliphatic rings. The molecule has 0 amide bonds. The summed E-state index contributed by atoms with van der Waals surface area (Å²) in [6, 6.07) is 0.558. The van der Waals surface area contributed by atoms with Gasteiger partial charge in [0.25, 0.3) is 0 Å². The van der Waals surface area contributed by atoms with Crippen LogP contribution in [0.3, 0.4) is 0 Å². The van der Waals surface area contributed by atoms with Gasteiger partial charge in [-0.15, -0.1) is 11.3 Å². The first-order valence-corrected chi connectivity index (χ1v) is 5.54. The topological polar surface area (TPSA) is 24.9 Å². The summed E-state index contributed by atoms with van der Waals surface area (Å²) >= 11 is 4.96. The Kier molecular flexibility index (Phi) is 2.46. The number of nitrogens with one attached hydrogen (secondary N) is 1. The maximum absolute atomic E-state index is 4.27. The first kappa shape index (κ1) is 8.26. The molecular formula is C8H9BrN2S. The van der Waals surface area contributed by atoms with Crippen molar-refractivity contribution >= 4 is 32.4 Å². The van der Waals surface area contributed by atoms with Crippen LogP contribution in [0, 0.1) is 0 Å². The third-order valence-corrected chi connectivity index (χ3v) is 3.29. The van der Waals surface area contributed by atoms with Crippen molar-refractivity contribution in [3.8, 4) is 0 Å². The van der Waals surface area contributed by atoms with Crippen molar-refractivity contribution in [1.82, 2.24) is 4.98 Å². The Morgan fingerprint density at radius 2 is 2.25 bits per heavy atom. The van der Waals surface area contributed by atoms with Crippen LogP contribution in [-0.2, 0) is 0 Å². The van der Waals surface area contributed by atoms with Crippen LogP contribution in [0.15, 0.2) is 22.1 Å². The van der Waals surface area contributed by atoms with Crippen molar-refractivity contribution in [3.63, 3.8) is 0 Å². The quantitative estimate of drug-likeness (QED) is 0.810. The first-order valence-electron chi connectivity index (χ1n) is 3.87. The van der Waals surface area contributed by atoms with Gasteiger partial charge in [-0.25, -0.2) is 4.98 Å². The van der Waals surface area contributed by atoms with Crippen molar-refractivity contribution in [3.05, 3.63) is 22.1 Å². The van der Waals surface area contributed by atoms with Gasteiger partial charge in [0, 0.05) is 11.4 Å². The van der Waals surface area contributed by atoms with Crippen LogP contribution in [0.4, 0.5) is 5.13 Å². The van der Waals surface area contributed by atoms with Crippen LogP contribution < -0.4 is 5.32 Å². The van der Waals surface area contributed by atoms with E-state index in [0.29, 0.717) is 6.04 Å². The molecular weight excluding hydrogens is 236 g/mol. The van der Waals surface area contributed by atoms with Gasteiger partial charge in [0.1, 0.15) is 4.60 Å². The summed E-state index contributed by atoms with van der Waals surface area (Å²) in [7, 11) is 0. The molecule has 1 aromatic heterocycles. The van der Waals surface area contributed by atoms with E-state index in [1.165, 1.54) is 0 Å². The summed E-state index contributed by atoms with van der Waals surface area (Å²) in [6.45, 7) is 0. The fourth-order valence-electron chi connectivity index (χ4n) is 1.23. The minimum absolute atomic E-state index is 0.558. The smallest absolute Gasteiger partial charge is 0.183 e. The van der Waals surface area contributed by atoms with Crippen LogP contribution in [0.2, 0.25) is 0 Å². The fraction of sp³-hybridized carbons (Fsp3) is 0.375. The maximum atomic E-state index is 4.27. The lowest BCUT2D eigenvalue weighted by Crippen LogP contribution is -2.14.